The number of esters is 1. The van der Waals surface area contributed by atoms with Crippen LogP contribution < -0.4 is 0 Å². The maximum absolute atomic E-state index is 11.5. The molecule has 13 nitrogen and oxygen atoms in total. The summed E-state index contributed by atoms with van der Waals surface area (Å²) < 4.78 is 25.1. The maximum atomic E-state index is 11.5. The van der Waals surface area contributed by atoms with Gasteiger partial charge in [0, 0.05) is 37.0 Å². The van der Waals surface area contributed by atoms with Gasteiger partial charge >= 0.3 is 38.7 Å². The van der Waals surface area contributed by atoms with Crippen LogP contribution in [-0.4, -0.2) is 90.6 Å². The Morgan fingerprint density at radius 1 is 0.667 bits per heavy atom. The fourth-order valence-electron chi connectivity index (χ4n) is 3.38. The first-order valence-electron chi connectivity index (χ1n) is 13.4. The molecule has 0 rings (SSSR count). The molecule has 0 fully saturated rings. The van der Waals surface area contributed by atoms with E-state index in [1.165, 1.54) is 6.92 Å². The van der Waals surface area contributed by atoms with Gasteiger partial charge in [0.1, 0.15) is 0 Å². The van der Waals surface area contributed by atoms with Crippen molar-refractivity contribution < 1.29 is 61.5 Å². The number of aliphatic carboxylic acids is 4. The number of carbonyl (C=O) groups is 5. The second kappa shape index (κ2) is 19.0. The molecule has 0 amide bonds. The Bertz CT molecular complexity index is 873. The Labute approximate surface area is 252 Å². The molecule has 0 aliphatic carbocycles. The highest BCUT2D eigenvalue weighted by Crippen LogP contribution is 2.34. The molecule has 0 saturated heterocycles. The van der Waals surface area contributed by atoms with Crippen LogP contribution in [0.4, 0.5) is 0 Å². The van der Waals surface area contributed by atoms with Crippen molar-refractivity contribution in [1.29, 1.82) is 0 Å². The molecule has 0 aliphatic heterocycles. The minimum absolute atomic E-state index is 0.0566. The highest BCUT2D eigenvalue weighted by Gasteiger charge is 2.52. The molecule has 0 saturated carbocycles. The van der Waals surface area contributed by atoms with Gasteiger partial charge in [-0.25, -0.2) is 9.59 Å². The molecular formula is C25H48O13Si4. The Balaban J connectivity index is 0. The van der Waals surface area contributed by atoms with Crippen LogP contribution in [0, 0.1) is 0 Å². The minimum Gasteiger partial charge on any atom is -0.481 e. The molecule has 0 aromatic heterocycles. The van der Waals surface area contributed by atoms with E-state index < -0.39 is 63.6 Å². The van der Waals surface area contributed by atoms with Crippen molar-refractivity contribution in [3.63, 3.8) is 0 Å². The SMILES string of the molecule is C=C(C)C(=O)O.C=CC(=O)OCCC[Si](O[Si](C)(C)CCC(=O)O)(O[Si](C)(C)CCC(=O)O)O[Si](C)(C)CCC(=O)O. The van der Waals surface area contributed by atoms with Crippen LogP contribution in [-0.2, 0) is 41.1 Å². The van der Waals surface area contributed by atoms with E-state index >= 15 is 0 Å². The van der Waals surface area contributed by atoms with E-state index in [2.05, 4.69) is 13.2 Å². The van der Waals surface area contributed by atoms with Gasteiger partial charge in [0.25, 0.3) is 0 Å². The number of hydrogen-bond donors (Lipinski definition) is 4. The van der Waals surface area contributed by atoms with Crippen molar-refractivity contribution in [1.82, 2.24) is 0 Å². The summed E-state index contributed by atoms with van der Waals surface area (Å²) in [4.78, 5) is 54.8. The molecule has 0 unspecified atom stereocenters. The molecule has 17 heteroatoms. The van der Waals surface area contributed by atoms with E-state index in [0.717, 1.165) is 6.08 Å². The second-order valence-electron chi connectivity index (χ2n) is 11.5. The average Bonchev–Trinajstić information content (AvgIpc) is 2.82. The fourth-order valence-corrected chi connectivity index (χ4v) is 20.6. The number of carboxylic acids is 4. The summed E-state index contributed by atoms with van der Waals surface area (Å²) in [7, 11) is -11.6. The highest BCUT2D eigenvalue weighted by molar-refractivity contribution is 6.90. The number of carboxylic acid groups (broad SMARTS) is 4. The zero-order valence-corrected chi connectivity index (χ0v) is 29.8. The van der Waals surface area contributed by atoms with Gasteiger partial charge in [-0.3, -0.25) is 14.4 Å². The molecule has 0 aromatic carbocycles. The van der Waals surface area contributed by atoms with Crippen molar-refractivity contribution in [3.05, 3.63) is 24.8 Å². The lowest BCUT2D eigenvalue weighted by Gasteiger charge is -2.45. The largest absolute Gasteiger partial charge is 0.481 e. The topological polar surface area (TPSA) is 203 Å². The molecule has 0 radical (unpaired) electrons. The zero-order valence-electron chi connectivity index (χ0n) is 25.8. The lowest BCUT2D eigenvalue weighted by atomic mass is 10.4. The van der Waals surface area contributed by atoms with Crippen LogP contribution in [0.2, 0.25) is 63.5 Å². The molecule has 4 N–H and O–H groups in total. The van der Waals surface area contributed by atoms with Crippen molar-refractivity contribution >= 4 is 63.6 Å². The van der Waals surface area contributed by atoms with Crippen LogP contribution in [0.3, 0.4) is 0 Å². The number of carbonyl (C=O) groups excluding carboxylic acids is 1. The monoisotopic (exact) mass is 668 g/mol. The van der Waals surface area contributed by atoms with Gasteiger partial charge in [0.05, 0.1) is 6.61 Å². The van der Waals surface area contributed by atoms with Crippen LogP contribution in [0.5, 0.6) is 0 Å². The fraction of sp³-hybridized carbons (Fsp3) is 0.640. The quantitative estimate of drug-likeness (QED) is 0.0563. The number of hydrogen-bond acceptors (Lipinski definition) is 9. The molecule has 242 valence electrons. The average molecular weight is 669 g/mol. The summed E-state index contributed by atoms with van der Waals surface area (Å²) >= 11 is 0. The van der Waals surface area contributed by atoms with Crippen molar-refractivity contribution in [3.8, 4) is 0 Å². The summed E-state index contributed by atoms with van der Waals surface area (Å²) in [5, 5.41) is 35.5. The summed E-state index contributed by atoms with van der Waals surface area (Å²) in [6.45, 7) is 19.3. The lowest BCUT2D eigenvalue weighted by molar-refractivity contribution is -0.138. The molecule has 42 heavy (non-hydrogen) atoms. The summed E-state index contributed by atoms with van der Waals surface area (Å²) in [6, 6.07) is 1.18. The Hall–Kier alpha value is -2.42. The van der Waals surface area contributed by atoms with E-state index in [1.807, 2.05) is 39.3 Å². The van der Waals surface area contributed by atoms with Gasteiger partial charge in [0.2, 0.25) is 0 Å². The molecular weight excluding hydrogens is 621 g/mol. The molecule has 0 atom stereocenters. The molecule has 0 heterocycles. The lowest BCUT2D eigenvalue weighted by Crippen LogP contribution is -2.62. The van der Waals surface area contributed by atoms with E-state index in [-0.39, 0.29) is 37.5 Å². The van der Waals surface area contributed by atoms with Crippen LogP contribution in [0.15, 0.2) is 24.8 Å². The second-order valence-corrected chi connectivity index (χ2v) is 27.9. The highest BCUT2D eigenvalue weighted by atomic mass is 28.5. The first kappa shape index (κ1) is 41.7. The number of rotatable bonds is 21. The molecule has 0 spiro atoms. The van der Waals surface area contributed by atoms with Gasteiger partial charge in [0.15, 0.2) is 25.0 Å². The summed E-state index contributed by atoms with van der Waals surface area (Å²) in [5.74, 6) is -4.35. The van der Waals surface area contributed by atoms with Crippen molar-refractivity contribution in [2.75, 3.05) is 6.61 Å². The van der Waals surface area contributed by atoms with Crippen LogP contribution in [0.25, 0.3) is 0 Å². The first-order valence-corrected chi connectivity index (χ1v) is 24.7. The molecule has 0 bridgehead atoms. The third-order valence-corrected chi connectivity index (χ3v) is 21.2. The Morgan fingerprint density at radius 2 is 0.976 bits per heavy atom. The predicted molar refractivity (Wildman–Crippen MR) is 166 cm³/mol. The normalized spacial score (nSPS) is 12.0. The van der Waals surface area contributed by atoms with Crippen LogP contribution in [0.1, 0.15) is 32.6 Å². The van der Waals surface area contributed by atoms with Gasteiger partial charge in [-0.2, -0.15) is 0 Å². The third kappa shape index (κ3) is 22.2. The predicted octanol–water partition coefficient (Wildman–Crippen LogP) is 4.78. The van der Waals surface area contributed by atoms with Gasteiger partial charge in [-0.05, 0) is 70.8 Å². The van der Waals surface area contributed by atoms with E-state index in [4.69, 9.17) is 22.2 Å². The molecule has 0 aromatic rings. The summed E-state index contributed by atoms with van der Waals surface area (Å²) in [5.41, 5.74) is 0.176. The maximum Gasteiger partial charge on any atom is 0.469 e. The van der Waals surface area contributed by atoms with Crippen molar-refractivity contribution in [2.24, 2.45) is 0 Å². The number of ether oxygens (including phenoxy) is 1. The standard InChI is InChI=1S/C21H42O11Si4.C4H6O2/c1-8-21(28)29-13-9-14-36(30-33(2,3)15-10-18(22)23,31-34(4,5)16-11-19(24)25)32-35(6,7)17-12-20(26)27;1-3(2)4(5)6/h8H,1,9-17H2,2-7H3,(H,22,23)(H,24,25)(H,26,27);1H2,2H3,(H,5,6). The molecule has 0 aliphatic rings. The first-order chi connectivity index (χ1) is 19.0. The minimum atomic E-state index is -3.61. The zero-order chi connectivity index (χ0) is 33.4. The smallest absolute Gasteiger partial charge is 0.469 e. The van der Waals surface area contributed by atoms with Gasteiger partial charge < -0.3 is 37.5 Å². The van der Waals surface area contributed by atoms with E-state index in [0.29, 0.717) is 24.6 Å². The van der Waals surface area contributed by atoms with Crippen molar-refractivity contribution in [2.45, 2.75) is 96.1 Å². The third-order valence-electron chi connectivity index (χ3n) is 5.52. The Kier molecular flexibility index (Phi) is 18.8. The van der Waals surface area contributed by atoms with Gasteiger partial charge in [-0.1, -0.05) is 13.2 Å². The Morgan fingerprint density at radius 3 is 1.21 bits per heavy atom. The van der Waals surface area contributed by atoms with E-state index in [1.54, 1.807) is 0 Å². The van der Waals surface area contributed by atoms with Gasteiger partial charge in [-0.15, -0.1) is 0 Å². The summed E-state index contributed by atoms with van der Waals surface area (Å²) in [6.07, 6.45) is 1.14. The van der Waals surface area contributed by atoms with E-state index in [9.17, 15) is 39.3 Å². The van der Waals surface area contributed by atoms with Crippen LogP contribution >= 0.6 is 0 Å².